The summed E-state index contributed by atoms with van der Waals surface area (Å²) in [5.41, 5.74) is 3.14. The second-order valence-corrected chi connectivity index (χ2v) is 10.6. The molecule has 33 heavy (non-hydrogen) atoms. The van der Waals surface area contributed by atoms with Gasteiger partial charge in [0.2, 0.25) is 5.01 Å². The van der Waals surface area contributed by atoms with Crippen LogP contribution in [0.2, 0.25) is 0 Å². The third-order valence-electron chi connectivity index (χ3n) is 4.96. The zero-order chi connectivity index (χ0) is 23.4. The van der Waals surface area contributed by atoms with E-state index in [1.807, 2.05) is 25.1 Å². The molecule has 0 aliphatic rings. The molecule has 1 aromatic heterocycles. The molecule has 0 saturated carbocycles. The Kier molecular flexibility index (Phi) is 7.17. The van der Waals surface area contributed by atoms with Crippen molar-refractivity contribution in [2.45, 2.75) is 44.6 Å². The molecular formula is C27H28N2O2S2. The van der Waals surface area contributed by atoms with Crippen molar-refractivity contribution >= 4 is 40.0 Å². The van der Waals surface area contributed by atoms with Gasteiger partial charge in [-0.25, -0.2) is 9.78 Å². The van der Waals surface area contributed by atoms with Crippen molar-refractivity contribution in [2.24, 2.45) is 0 Å². The van der Waals surface area contributed by atoms with E-state index in [2.05, 4.69) is 74.0 Å². The van der Waals surface area contributed by atoms with Crippen LogP contribution in [-0.2, 0) is 11.2 Å². The number of carbonyl (C=O) groups excluding carboxylic acids is 1. The second-order valence-electron chi connectivity index (χ2n) is 8.79. The van der Waals surface area contributed by atoms with Gasteiger partial charge in [0.25, 0.3) is 0 Å². The van der Waals surface area contributed by atoms with Gasteiger partial charge in [-0.1, -0.05) is 60.7 Å². The minimum Gasteiger partial charge on any atom is -0.461 e. The van der Waals surface area contributed by atoms with Gasteiger partial charge in [0, 0.05) is 22.4 Å². The standard InChI is InChI=1S/C27H28N2O2S2/c1-5-31-26(30)25-28-22(17-18-11-7-6-8-12-18)24(32-25)21-15-16-23(33-29-27(2,3)4)20-14-10-9-13-19(20)21/h6-16,29H,5,17H2,1-4H3. The van der Waals surface area contributed by atoms with E-state index in [1.165, 1.54) is 21.6 Å². The van der Waals surface area contributed by atoms with E-state index in [9.17, 15) is 4.79 Å². The number of nitrogens with one attached hydrogen (secondary N) is 1. The van der Waals surface area contributed by atoms with Gasteiger partial charge in [-0.2, -0.15) is 0 Å². The van der Waals surface area contributed by atoms with Crippen molar-refractivity contribution in [3.05, 3.63) is 83.0 Å². The molecule has 1 heterocycles. The lowest BCUT2D eigenvalue weighted by atomic mass is 10.0. The topological polar surface area (TPSA) is 51.2 Å². The molecule has 1 N–H and O–H groups in total. The maximum atomic E-state index is 12.5. The zero-order valence-electron chi connectivity index (χ0n) is 19.3. The number of thiazole rings is 1. The van der Waals surface area contributed by atoms with Crippen molar-refractivity contribution in [1.82, 2.24) is 9.71 Å². The summed E-state index contributed by atoms with van der Waals surface area (Å²) < 4.78 is 8.76. The fraction of sp³-hybridized carbons (Fsp3) is 0.259. The van der Waals surface area contributed by atoms with Crippen molar-refractivity contribution in [1.29, 1.82) is 0 Å². The van der Waals surface area contributed by atoms with Gasteiger partial charge in [-0.3, -0.25) is 4.72 Å². The summed E-state index contributed by atoms with van der Waals surface area (Å²) in [4.78, 5) is 19.4. The third kappa shape index (κ3) is 5.64. The molecular weight excluding hydrogens is 448 g/mol. The Morgan fingerprint density at radius 1 is 1.00 bits per heavy atom. The fourth-order valence-corrected chi connectivity index (χ4v) is 5.37. The highest BCUT2D eigenvalue weighted by atomic mass is 32.2. The van der Waals surface area contributed by atoms with Gasteiger partial charge in [0.15, 0.2) is 0 Å². The van der Waals surface area contributed by atoms with Gasteiger partial charge in [-0.05, 0) is 62.0 Å². The minimum absolute atomic E-state index is 0.000488. The summed E-state index contributed by atoms with van der Waals surface area (Å²) in [5, 5.41) is 2.72. The summed E-state index contributed by atoms with van der Waals surface area (Å²) in [5.74, 6) is -0.367. The molecule has 0 unspecified atom stereocenters. The summed E-state index contributed by atoms with van der Waals surface area (Å²) in [7, 11) is 0. The normalized spacial score (nSPS) is 11.6. The molecule has 0 saturated heterocycles. The summed E-state index contributed by atoms with van der Waals surface area (Å²) in [6.07, 6.45) is 0.655. The number of aromatic nitrogens is 1. The van der Waals surface area contributed by atoms with Crippen LogP contribution < -0.4 is 4.72 Å². The lowest BCUT2D eigenvalue weighted by Gasteiger charge is -2.20. The van der Waals surface area contributed by atoms with Gasteiger partial charge >= 0.3 is 5.97 Å². The molecule has 0 aliphatic carbocycles. The van der Waals surface area contributed by atoms with E-state index in [-0.39, 0.29) is 11.5 Å². The number of esters is 1. The SMILES string of the molecule is CCOC(=O)c1nc(Cc2ccccc2)c(-c2ccc(SNC(C)(C)C)c3ccccc23)s1. The van der Waals surface area contributed by atoms with Gasteiger partial charge in [0.05, 0.1) is 17.2 Å². The van der Waals surface area contributed by atoms with E-state index in [0.717, 1.165) is 27.1 Å². The summed E-state index contributed by atoms with van der Waals surface area (Å²) in [6, 6.07) is 22.9. The highest BCUT2D eigenvalue weighted by molar-refractivity contribution is 7.97. The monoisotopic (exact) mass is 476 g/mol. The molecule has 0 atom stereocenters. The van der Waals surface area contributed by atoms with Crippen molar-refractivity contribution in [2.75, 3.05) is 6.61 Å². The molecule has 0 bridgehead atoms. The van der Waals surface area contributed by atoms with E-state index >= 15 is 0 Å². The predicted molar refractivity (Wildman–Crippen MR) is 139 cm³/mol. The Morgan fingerprint density at radius 2 is 1.70 bits per heavy atom. The molecule has 0 aliphatic heterocycles. The number of rotatable bonds is 7. The maximum absolute atomic E-state index is 12.5. The van der Waals surface area contributed by atoms with Crippen LogP contribution in [-0.4, -0.2) is 23.1 Å². The first-order valence-corrected chi connectivity index (χ1v) is 12.7. The molecule has 170 valence electrons. The Bertz CT molecular complexity index is 1260. The smallest absolute Gasteiger partial charge is 0.367 e. The van der Waals surface area contributed by atoms with Gasteiger partial charge in [0.1, 0.15) is 0 Å². The molecule has 0 fully saturated rings. The highest BCUT2D eigenvalue weighted by Crippen LogP contribution is 2.39. The Morgan fingerprint density at radius 3 is 2.39 bits per heavy atom. The molecule has 0 spiro atoms. The van der Waals surface area contributed by atoms with Crippen LogP contribution in [0.4, 0.5) is 0 Å². The van der Waals surface area contributed by atoms with Crippen LogP contribution >= 0.6 is 23.3 Å². The highest BCUT2D eigenvalue weighted by Gasteiger charge is 2.21. The van der Waals surface area contributed by atoms with Gasteiger partial charge in [-0.15, -0.1) is 11.3 Å². The Balaban J connectivity index is 1.82. The molecule has 0 amide bonds. The van der Waals surface area contributed by atoms with E-state index in [4.69, 9.17) is 9.72 Å². The van der Waals surface area contributed by atoms with Gasteiger partial charge < -0.3 is 4.74 Å². The first-order chi connectivity index (χ1) is 15.9. The summed E-state index contributed by atoms with van der Waals surface area (Å²) >= 11 is 3.06. The number of fused-ring (bicyclic) bond motifs is 1. The van der Waals surface area contributed by atoms with Crippen molar-refractivity contribution in [3.63, 3.8) is 0 Å². The molecule has 3 aromatic carbocycles. The molecule has 4 aromatic rings. The van der Waals surface area contributed by atoms with Crippen LogP contribution in [0.25, 0.3) is 21.2 Å². The minimum atomic E-state index is -0.367. The van der Waals surface area contributed by atoms with Crippen LogP contribution in [0.15, 0.2) is 71.6 Å². The maximum Gasteiger partial charge on any atom is 0.367 e. The first-order valence-electron chi connectivity index (χ1n) is 11.0. The number of carbonyl (C=O) groups is 1. The molecule has 4 rings (SSSR count). The number of nitrogens with zero attached hydrogens (tertiary/aromatic N) is 1. The van der Waals surface area contributed by atoms with Crippen LogP contribution in [0.3, 0.4) is 0 Å². The number of hydrogen-bond donors (Lipinski definition) is 1. The third-order valence-corrected chi connectivity index (χ3v) is 7.36. The number of hydrogen-bond acceptors (Lipinski definition) is 6. The molecule has 6 heteroatoms. The quantitative estimate of drug-likeness (QED) is 0.227. The predicted octanol–water partition coefficient (Wildman–Crippen LogP) is 7.13. The van der Waals surface area contributed by atoms with Crippen molar-refractivity contribution in [3.8, 4) is 10.4 Å². The summed E-state index contributed by atoms with van der Waals surface area (Å²) in [6.45, 7) is 8.60. The Hall–Kier alpha value is -2.67. The average molecular weight is 477 g/mol. The number of ether oxygens (including phenoxy) is 1. The van der Waals surface area contributed by atoms with E-state index in [0.29, 0.717) is 18.0 Å². The van der Waals surface area contributed by atoms with Crippen molar-refractivity contribution < 1.29 is 9.53 Å². The van der Waals surface area contributed by atoms with Crippen LogP contribution in [0.1, 0.15) is 48.8 Å². The van der Waals surface area contributed by atoms with Crippen LogP contribution in [0, 0.1) is 0 Å². The molecule has 0 radical (unpaired) electrons. The largest absolute Gasteiger partial charge is 0.461 e. The van der Waals surface area contributed by atoms with Crippen LogP contribution in [0.5, 0.6) is 0 Å². The zero-order valence-corrected chi connectivity index (χ0v) is 21.0. The average Bonchev–Trinajstić information content (AvgIpc) is 3.21. The Labute approximate surface area is 203 Å². The fourth-order valence-electron chi connectivity index (χ4n) is 3.52. The number of benzene rings is 3. The molecule has 4 nitrogen and oxygen atoms in total. The lowest BCUT2D eigenvalue weighted by molar-refractivity contribution is 0.0525. The lowest BCUT2D eigenvalue weighted by Crippen LogP contribution is -2.29. The second kappa shape index (κ2) is 10.1. The first kappa shape index (κ1) is 23.5. The van der Waals surface area contributed by atoms with E-state index < -0.39 is 0 Å². The van der Waals surface area contributed by atoms with E-state index in [1.54, 1.807) is 11.9 Å².